The lowest BCUT2D eigenvalue weighted by atomic mass is 10.0. The smallest absolute Gasteiger partial charge is 0.269 e. The number of hydrogen-bond acceptors (Lipinski definition) is 5. The highest BCUT2D eigenvalue weighted by Crippen LogP contribution is 2.37. The maximum atomic E-state index is 12.8. The van der Waals surface area contributed by atoms with Crippen molar-refractivity contribution in [3.8, 4) is 11.1 Å². The lowest BCUT2D eigenvalue weighted by Crippen LogP contribution is -2.11. The van der Waals surface area contributed by atoms with Crippen LogP contribution in [0, 0.1) is 10.1 Å². The number of non-ortho nitro benzene ring substituents is 1. The third-order valence-corrected chi connectivity index (χ3v) is 6.95. The summed E-state index contributed by atoms with van der Waals surface area (Å²) in [5.74, 6) is 0.0406. The lowest BCUT2D eigenvalue weighted by Gasteiger charge is -2.07. The molecule has 0 saturated heterocycles. The molecule has 0 heterocycles. The number of Topliss-reactive ketones (excluding diaryl/α,β-unsaturated/α-hetero) is 1. The van der Waals surface area contributed by atoms with Gasteiger partial charge < -0.3 is 5.32 Å². The lowest BCUT2D eigenvalue weighted by molar-refractivity contribution is -0.384. The molecule has 172 valence electrons. The monoisotopic (exact) mass is 480 g/mol. The molecule has 0 saturated carbocycles. The molecular weight excluding hydrogens is 460 g/mol. The van der Waals surface area contributed by atoms with E-state index >= 15 is 0 Å². The number of hydrogen-bond donors (Lipinski definition) is 1. The molecule has 1 amide bonds. The van der Waals surface area contributed by atoms with Crippen LogP contribution in [0.2, 0.25) is 0 Å². The largest absolute Gasteiger partial charge is 0.322 e. The van der Waals surface area contributed by atoms with Crippen molar-refractivity contribution in [2.75, 3.05) is 11.1 Å². The molecule has 4 aromatic rings. The Kier molecular flexibility index (Phi) is 6.16. The number of ketones is 1. The average Bonchev–Trinajstić information content (AvgIpc) is 3.26. The number of nitro groups is 1. The minimum absolute atomic E-state index is 0.0672. The van der Waals surface area contributed by atoms with Crippen LogP contribution < -0.4 is 5.32 Å². The van der Waals surface area contributed by atoms with Crippen LogP contribution in [0.25, 0.3) is 11.1 Å². The first kappa shape index (κ1) is 22.6. The van der Waals surface area contributed by atoms with Gasteiger partial charge in [-0.3, -0.25) is 19.7 Å². The van der Waals surface area contributed by atoms with E-state index in [-0.39, 0.29) is 17.4 Å². The van der Waals surface area contributed by atoms with E-state index in [0.29, 0.717) is 17.0 Å². The molecule has 1 N–H and O–H groups in total. The minimum Gasteiger partial charge on any atom is -0.322 e. The summed E-state index contributed by atoms with van der Waals surface area (Å²) in [6.07, 6.45) is 0.854. The third kappa shape index (κ3) is 4.85. The van der Waals surface area contributed by atoms with Gasteiger partial charge in [-0.25, -0.2) is 0 Å². The summed E-state index contributed by atoms with van der Waals surface area (Å²) in [5.41, 5.74) is 6.52. The van der Waals surface area contributed by atoms with E-state index in [9.17, 15) is 19.7 Å². The standard InChI is InChI=1S/C28H20N2O4S/c31-27(20-7-14-26-21(16-20)15-19-3-1-2-4-25(19)26)17-35-24-12-8-22(9-13-24)29-28(32)18-5-10-23(11-6-18)30(33)34/h1-14,16H,15,17H2,(H,29,32). The Morgan fingerprint density at radius 3 is 2.26 bits per heavy atom. The van der Waals surface area contributed by atoms with Crippen molar-refractivity contribution in [1.82, 2.24) is 0 Å². The molecular formula is C28H20N2O4S. The summed E-state index contributed by atoms with van der Waals surface area (Å²) in [7, 11) is 0. The van der Waals surface area contributed by atoms with Crippen molar-refractivity contribution in [3.63, 3.8) is 0 Å². The van der Waals surface area contributed by atoms with Crippen molar-refractivity contribution in [1.29, 1.82) is 0 Å². The summed E-state index contributed by atoms with van der Waals surface area (Å²) < 4.78 is 0. The summed E-state index contributed by atoms with van der Waals surface area (Å²) in [6, 6.07) is 26.9. The van der Waals surface area contributed by atoms with E-state index in [1.54, 1.807) is 12.1 Å². The molecule has 0 fully saturated rings. The number of thioether (sulfide) groups is 1. The fraction of sp³-hybridized carbons (Fsp3) is 0.0714. The highest BCUT2D eigenvalue weighted by atomic mass is 32.2. The Labute approximate surface area is 206 Å². The second-order valence-electron chi connectivity index (χ2n) is 8.20. The maximum absolute atomic E-state index is 12.8. The fourth-order valence-electron chi connectivity index (χ4n) is 4.12. The second kappa shape index (κ2) is 9.56. The van der Waals surface area contributed by atoms with Gasteiger partial charge in [0.2, 0.25) is 0 Å². The summed E-state index contributed by atoms with van der Waals surface area (Å²) in [5, 5.41) is 13.5. The number of anilines is 1. The van der Waals surface area contributed by atoms with Gasteiger partial charge in [0.25, 0.3) is 11.6 Å². The molecule has 7 heteroatoms. The first-order chi connectivity index (χ1) is 17.0. The SMILES string of the molecule is O=C(CSc1ccc(NC(=O)c2ccc([N+](=O)[O-])cc2)cc1)c1ccc2c(c1)Cc1ccccc1-2. The van der Waals surface area contributed by atoms with E-state index in [1.807, 2.05) is 42.5 Å². The number of carbonyl (C=O) groups is 2. The van der Waals surface area contributed by atoms with Crippen LogP contribution in [0.15, 0.2) is 95.9 Å². The Bertz CT molecular complexity index is 1450. The van der Waals surface area contributed by atoms with Gasteiger partial charge in [-0.2, -0.15) is 0 Å². The average molecular weight is 481 g/mol. The van der Waals surface area contributed by atoms with Crippen LogP contribution in [-0.2, 0) is 6.42 Å². The van der Waals surface area contributed by atoms with Crippen molar-refractivity contribution in [2.24, 2.45) is 0 Å². The Balaban J connectivity index is 1.17. The molecule has 0 unspecified atom stereocenters. The summed E-state index contributed by atoms with van der Waals surface area (Å²) in [6.45, 7) is 0. The predicted molar refractivity (Wildman–Crippen MR) is 137 cm³/mol. The number of amides is 1. The molecule has 0 atom stereocenters. The van der Waals surface area contributed by atoms with E-state index in [0.717, 1.165) is 16.9 Å². The van der Waals surface area contributed by atoms with Gasteiger partial charge >= 0.3 is 0 Å². The van der Waals surface area contributed by atoms with Gasteiger partial charge in [0.15, 0.2) is 5.78 Å². The number of fused-ring (bicyclic) bond motifs is 3. The van der Waals surface area contributed by atoms with Crippen molar-refractivity contribution >= 4 is 34.8 Å². The van der Waals surface area contributed by atoms with Crippen molar-refractivity contribution in [3.05, 3.63) is 123 Å². The number of nitro benzene ring substituents is 1. The number of nitrogens with zero attached hydrogens (tertiary/aromatic N) is 1. The van der Waals surface area contributed by atoms with Crippen LogP contribution in [-0.4, -0.2) is 22.4 Å². The number of nitrogens with one attached hydrogen (secondary N) is 1. The second-order valence-corrected chi connectivity index (χ2v) is 9.25. The van der Waals surface area contributed by atoms with Gasteiger partial charge in [0.1, 0.15) is 0 Å². The Hall–Kier alpha value is -4.23. The van der Waals surface area contributed by atoms with Gasteiger partial charge in [-0.05, 0) is 71.1 Å². The highest BCUT2D eigenvalue weighted by molar-refractivity contribution is 8.00. The van der Waals surface area contributed by atoms with E-state index < -0.39 is 4.92 Å². The summed E-state index contributed by atoms with van der Waals surface area (Å²) in [4.78, 5) is 36.3. The minimum atomic E-state index is -0.508. The van der Waals surface area contributed by atoms with Crippen LogP contribution in [0.5, 0.6) is 0 Å². The van der Waals surface area contributed by atoms with Crippen molar-refractivity contribution < 1.29 is 14.5 Å². The molecule has 1 aliphatic rings. The normalized spacial score (nSPS) is 11.4. The van der Waals surface area contributed by atoms with Gasteiger partial charge in [0.05, 0.1) is 10.7 Å². The molecule has 0 bridgehead atoms. The molecule has 4 aromatic carbocycles. The summed E-state index contributed by atoms with van der Waals surface area (Å²) >= 11 is 1.45. The molecule has 0 aromatic heterocycles. The predicted octanol–water partition coefficient (Wildman–Crippen LogP) is 6.39. The van der Waals surface area contributed by atoms with Gasteiger partial charge in [-0.15, -0.1) is 11.8 Å². The van der Waals surface area contributed by atoms with Crippen LogP contribution in [0.1, 0.15) is 31.8 Å². The molecule has 0 spiro atoms. The maximum Gasteiger partial charge on any atom is 0.269 e. The van der Waals surface area contributed by atoms with Crippen molar-refractivity contribution in [2.45, 2.75) is 11.3 Å². The first-order valence-electron chi connectivity index (χ1n) is 11.0. The number of benzene rings is 4. The zero-order valence-corrected chi connectivity index (χ0v) is 19.4. The Morgan fingerprint density at radius 1 is 0.829 bits per heavy atom. The molecule has 0 aliphatic heterocycles. The van der Waals surface area contributed by atoms with E-state index in [4.69, 9.17) is 0 Å². The molecule has 1 aliphatic carbocycles. The number of carbonyl (C=O) groups excluding carboxylic acids is 2. The topological polar surface area (TPSA) is 89.3 Å². The zero-order valence-electron chi connectivity index (χ0n) is 18.6. The van der Waals surface area contributed by atoms with Crippen LogP contribution in [0.4, 0.5) is 11.4 Å². The van der Waals surface area contributed by atoms with Gasteiger partial charge in [-0.1, -0.05) is 36.4 Å². The third-order valence-electron chi connectivity index (χ3n) is 5.94. The van der Waals surface area contributed by atoms with E-state index in [2.05, 4.69) is 17.4 Å². The van der Waals surface area contributed by atoms with Gasteiger partial charge in [0, 0.05) is 33.8 Å². The first-order valence-corrected chi connectivity index (χ1v) is 12.0. The number of rotatable bonds is 7. The van der Waals surface area contributed by atoms with Crippen LogP contribution in [0.3, 0.4) is 0 Å². The fourth-order valence-corrected chi connectivity index (χ4v) is 4.92. The molecule has 6 nitrogen and oxygen atoms in total. The molecule has 35 heavy (non-hydrogen) atoms. The van der Waals surface area contributed by atoms with Crippen LogP contribution >= 0.6 is 11.8 Å². The Morgan fingerprint density at radius 2 is 1.51 bits per heavy atom. The molecule has 0 radical (unpaired) electrons. The zero-order chi connectivity index (χ0) is 24.4. The quantitative estimate of drug-likeness (QED) is 0.126. The highest BCUT2D eigenvalue weighted by Gasteiger charge is 2.19. The molecule has 5 rings (SSSR count). The van der Waals surface area contributed by atoms with E-state index in [1.165, 1.54) is 58.3 Å².